The Kier molecular flexibility index (Phi) is 6.40. The fourth-order valence-electron chi connectivity index (χ4n) is 10.8. The average molecular weight is 756 g/mol. The minimum absolute atomic E-state index is 0.644. The van der Waals surface area contributed by atoms with Crippen molar-refractivity contribution >= 4 is 44.9 Å². The molecule has 0 bridgehead atoms. The summed E-state index contributed by atoms with van der Waals surface area (Å²) in [7, 11) is -3.17. The highest BCUT2D eigenvalue weighted by atomic mass is 31.2. The summed E-state index contributed by atoms with van der Waals surface area (Å²) in [5.41, 5.74) is 17.3. The van der Waals surface area contributed by atoms with Gasteiger partial charge in [0.2, 0.25) is 0 Å². The van der Waals surface area contributed by atoms with Gasteiger partial charge in [-0.3, -0.25) is 0 Å². The Morgan fingerprint density at radius 3 is 1.84 bits per heavy atom. The summed E-state index contributed by atoms with van der Waals surface area (Å²) in [5.74, 6) is 0. The van der Waals surface area contributed by atoms with Crippen LogP contribution in [0.3, 0.4) is 0 Å². The topological polar surface area (TPSA) is 22.0 Å². The largest absolute Gasteiger partial charge is 0.309 e. The Morgan fingerprint density at radius 2 is 1.00 bits per heavy atom. The maximum absolute atomic E-state index is 15.9. The number of hydrogen-bond donors (Lipinski definition) is 0. The van der Waals surface area contributed by atoms with Gasteiger partial charge in [0.1, 0.15) is 0 Å². The van der Waals surface area contributed by atoms with Crippen LogP contribution in [0.2, 0.25) is 0 Å². The molecular weight excluding hydrogens is 722 g/mol. The first-order chi connectivity index (χ1) is 28.7. The predicted octanol–water partition coefficient (Wildman–Crippen LogP) is 12.4. The minimum Gasteiger partial charge on any atom is -0.309 e. The summed E-state index contributed by atoms with van der Waals surface area (Å²) in [6.45, 7) is 0. The van der Waals surface area contributed by atoms with Crippen molar-refractivity contribution in [2.24, 2.45) is 0 Å². The van der Waals surface area contributed by atoms with Gasteiger partial charge in [0.25, 0.3) is 0 Å². The Labute approximate surface area is 336 Å². The molecule has 0 saturated heterocycles. The summed E-state index contributed by atoms with van der Waals surface area (Å²) in [6.07, 6.45) is 0. The Morgan fingerprint density at radius 1 is 0.379 bits per heavy atom. The molecule has 0 radical (unpaired) electrons. The molecule has 2 aliphatic heterocycles. The fourth-order valence-corrected chi connectivity index (χ4v) is 13.9. The minimum atomic E-state index is -3.17. The van der Waals surface area contributed by atoms with Crippen molar-refractivity contribution in [1.82, 2.24) is 4.57 Å². The van der Waals surface area contributed by atoms with Crippen LogP contribution < -0.4 is 15.9 Å². The molecule has 1 unspecified atom stereocenters. The van der Waals surface area contributed by atoms with Crippen molar-refractivity contribution in [3.05, 3.63) is 229 Å². The van der Waals surface area contributed by atoms with Gasteiger partial charge in [0.05, 0.1) is 22.1 Å². The van der Waals surface area contributed by atoms with Crippen molar-refractivity contribution in [2.45, 2.75) is 5.41 Å². The summed E-state index contributed by atoms with van der Waals surface area (Å²) in [5, 5.41) is 5.24. The molecule has 2 nitrogen and oxygen atoms in total. The lowest BCUT2D eigenvalue weighted by Gasteiger charge is -2.40. The van der Waals surface area contributed by atoms with E-state index in [1.54, 1.807) is 0 Å². The molecule has 3 heterocycles. The summed E-state index contributed by atoms with van der Waals surface area (Å²) in [4.78, 5) is 0. The summed E-state index contributed by atoms with van der Waals surface area (Å²) in [6, 6.07) is 74.6. The highest BCUT2D eigenvalue weighted by molar-refractivity contribution is 7.86. The van der Waals surface area contributed by atoms with Crippen LogP contribution in [-0.2, 0) is 9.98 Å². The molecule has 3 aliphatic rings. The lowest BCUT2D eigenvalue weighted by atomic mass is 9.65. The fraction of sp³-hybridized carbons (Fsp3) is 0.0182. The molecule has 1 aliphatic carbocycles. The molecule has 10 aromatic rings. The van der Waals surface area contributed by atoms with Crippen LogP contribution in [-0.4, -0.2) is 4.57 Å². The van der Waals surface area contributed by atoms with E-state index in [1.807, 2.05) is 36.4 Å². The predicted molar refractivity (Wildman–Crippen MR) is 241 cm³/mol. The van der Waals surface area contributed by atoms with Crippen LogP contribution in [0.1, 0.15) is 22.3 Å². The number of nitrogens with zero attached hydrogens (tertiary/aromatic N) is 1. The second kappa shape index (κ2) is 11.5. The van der Waals surface area contributed by atoms with Gasteiger partial charge in [0.15, 0.2) is 7.14 Å². The van der Waals surface area contributed by atoms with Gasteiger partial charge in [-0.25, -0.2) is 0 Å². The highest BCUT2D eigenvalue weighted by Crippen LogP contribution is 2.63. The standard InChI is InChI=1S/C55H34NOP/c57-58(39-16-5-2-6-17-39)52-25-12-8-19-42(52)45-33-49-44(34-53(45)58)40-31-30-38(37-28-26-36(27-29-37)35-14-3-1-4-15-35)32-48(40)55(49)46-21-9-11-24-51(46)56-50-23-10-7-18-41(50)43-20-13-22-47(55)54(43)56/h1-34H/t55?,58-/m0/s1. The molecular formula is C55H34NOP. The van der Waals surface area contributed by atoms with Gasteiger partial charge in [-0.2, -0.15) is 0 Å². The van der Waals surface area contributed by atoms with E-state index in [2.05, 4.69) is 174 Å². The second-order valence-electron chi connectivity index (χ2n) is 15.9. The smallest absolute Gasteiger partial charge is 0.172 e. The first-order valence-corrected chi connectivity index (χ1v) is 21.7. The van der Waals surface area contributed by atoms with E-state index in [1.165, 1.54) is 77.6 Å². The number of fused-ring (bicyclic) bond motifs is 15. The molecule has 58 heavy (non-hydrogen) atoms. The maximum atomic E-state index is 15.9. The molecule has 9 aromatic carbocycles. The molecule has 1 spiro atoms. The summed E-state index contributed by atoms with van der Waals surface area (Å²) >= 11 is 0. The first kappa shape index (κ1) is 32.1. The van der Waals surface area contributed by atoms with Crippen LogP contribution in [0.4, 0.5) is 0 Å². The van der Waals surface area contributed by atoms with Crippen molar-refractivity contribution < 1.29 is 4.57 Å². The van der Waals surface area contributed by atoms with E-state index in [0.717, 1.165) is 32.6 Å². The lowest BCUT2D eigenvalue weighted by molar-refractivity contribution is 0.593. The first-order valence-electron chi connectivity index (χ1n) is 20.0. The SMILES string of the molecule is O=[P@@]1(c2ccccc2)c2ccccc2-c2cc3c(cc21)-c1ccc(-c2ccc(-c4ccccc4)cc2)cc1C31c2ccccc2-n2c3ccccc3c3cccc1c32. The summed E-state index contributed by atoms with van der Waals surface area (Å²) < 4.78 is 18.4. The highest BCUT2D eigenvalue weighted by Gasteiger charge is 2.53. The van der Waals surface area contributed by atoms with E-state index >= 15 is 4.57 Å². The van der Waals surface area contributed by atoms with E-state index in [-0.39, 0.29) is 0 Å². The Bertz CT molecular complexity index is 3420. The van der Waals surface area contributed by atoms with Gasteiger partial charge >= 0.3 is 0 Å². The molecule has 0 fully saturated rings. The van der Waals surface area contributed by atoms with Crippen LogP contribution >= 0.6 is 7.14 Å². The van der Waals surface area contributed by atoms with Crippen LogP contribution in [0.5, 0.6) is 0 Å². The Hall–Kier alpha value is -6.99. The Balaban J connectivity index is 1.15. The average Bonchev–Trinajstić information content (AvgIpc) is 3.88. The third-order valence-corrected chi connectivity index (χ3v) is 16.4. The number of hydrogen-bond acceptors (Lipinski definition) is 1. The van der Waals surface area contributed by atoms with Gasteiger partial charge in [-0.1, -0.05) is 176 Å². The zero-order valence-electron chi connectivity index (χ0n) is 31.4. The normalized spacial score (nSPS) is 17.9. The zero-order valence-corrected chi connectivity index (χ0v) is 32.3. The third kappa shape index (κ3) is 3.95. The van der Waals surface area contributed by atoms with E-state index in [4.69, 9.17) is 0 Å². The monoisotopic (exact) mass is 755 g/mol. The van der Waals surface area contributed by atoms with E-state index < -0.39 is 12.6 Å². The molecule has 2 atom stereocenters. The molecule has 13 rings (SSSR count). The second-order valence-corrected chi connectivity index (χ2v) is 18.6. The number of aromatic nitrogens is 1. The van der Waals surface area contributed by atoms with Gasteiger partial charge < -0.3 is 9.13 Å². The van der Waals surface area contributed by atoms with E-state index in [9.17, 15) is 0 Å². The zero-order chi connectivity index (χ0) is 38.2. The molecule has 1 aromatic heterocycles. The van der Waals surface area contributed by atoms with Gasteiger partial charge in [0, 0.05) is 26.7 Å². The van der Waals surface area contributed by atoms with Crippen molar-refractivity contribution in [2.75, 3.05) is 0 Å². The van der Waals surface area contributed by atoms with Crippen molar-refractivity contribution in [3.8, 4) is 50.2 Å². The number of benzene rings is 9. The quantitative estimate of drug-likeness (QED) is 0.165. The van der Waals surface area contributed by atoms with Crippen molar-refractivity contribution in [1.29, 1.82) is 0 Å². The van der Waals surface area contributed by atoms with Gasteiger partial charge in [-0.05, 0) is 97.1 Å². The van der Waals surface area contributed by atoms with Crippen molar-refractivity contribution in [3.63, 3.8) is 0 Å². The van der Waals surface area contributed by atoms with Crippen LogP contribution in [0.15, 0.2) is 206 Å². The number of para-hydroxylation sites is 3. The maximum Gasteiger partial charge on any atom is 0.172 e. The van der Waals surface area contributed by atoms with Crippen LogP contribution in [0, 0.1) is 0 Å². The molecule has 0 N–H and O–H groups in total. The van der Waals surface area contributed by atoms with Crippen LogP contribution in [0.25, 0.3) is 72.0 Å². The molecule has 3 heteroatoms. The lowest BCUT2D eigenvalue weighted by Crippen LogP contribution is -2.33. The molecule has 0 saturated carbocycles. The third-order valence-electron chi connectivity index (χ3n) is 13.2. The molecule has 270 valence electrons. The van der Waals surface area contributed by atoms with Gasteiger partial charge in [-0.15, -0.1) is 0 Å². The van der Waals surface area contributed by atoms with E-state index in [0.29, 0.717) is 0 Å². The number of rotatable bonds is 3. The molecule has 0 amide bonds.